The third-order valence-electron chi connectivity index (χ3n) is 4.13. The van der Waals surface area contributed by atoms with Crippen LogP contribution < -0.4 is 11.1 Å². The molecule has 86 valence electrons. The Morgan fingerprint density at radius 1 is 1.33 bits per heavy atom. The minimum absolute atomic E-state index is 0.236. The van der Waals surface area contributed by atoms with Gasteiger partial charge in [-0.2, -0.15) is 0 Å². The smallest absolute Gasteiger partial charge is 0.223 e. The zero-order chi connectivity index (χ0) is 10.8. The van der Waals surface area contributed by atoms with Gasteiger partial charge in [0.05, 0.1) is 0 Å². The maximum Gasteiger partial charge on any atom is 0.223 e. The van der Waals surface area contributed by atoms with Crippen LogP contribution in [0.1, 0.15) is 39.0 Å². The summed E-state index contributed by atoms with van der Waals surface area (Å²) in [5, 5.41) is 2.94. The molecule has 0 aliphatic heterocycles. The predicted molar refractivity (Wildman–Crippen MR) is 60.2 cm³/mol. The van der Waals surface area contributed by atoms with Crippen molar-refractivity contribution >= 4 is 5.91 Å². The van der Waals surface area contributed by atoms with Crippen LogP contribution in [0.25, 0.3) is 0 Å². The third kappa shape index (κ3) is 2.17. The average Bonchev–Trinajstić information content (AvgIpc) is 2.17. The molecular weight excluding hydrogens is 188 g/mol. The molecule has 2 atom stereocenters. The van der Waals surface area contributed by atoms with Crippen molar-refractivity contribution in [2.24, 2.45) is 23.5 Å². The van der Waals surface area contributed by atoms with Gasteiger partial charge < -0.3 is 11.1 Å². The van der Waals surface area contributed by atoms with Crippen molar-refractivity contribution in [2.75, 3.05) is 6.54 Å². The summed E-state index contributed by atoms with van der Waals surface area (Å²) >= 11 is 0. The summed E-state index contributed by atoms with van der Waals surface area (Å²) in [5.74, 6) is 1.69. The molecule has 2 rings (SSSR count). The second-order valence-corrected chi connectivity index (χ2v) is 5.09. The second kappa shape index (κ2) is 4.52. The molecule has 3 nitrogen and oxygen atoms in total. The van der Waals surface area contributed by atoms with Gasteiger partial charge >= 0.3 is 0 Å². The Labute approximate surface area is 91.8 Å². The van der Waals surface area contributed by atoms with Crippen molar-refractivity contribution in [3.63, 3.8) is 0 Å². The lowest BCUT2D eigenvalue weighted by atomic mass is 9.65. The molecule has 2 aliphatic rings. The highest BCUT2D eigenvalue weighted by Crippen LogP contribution is 2.41. The molecule has 15 heavy (non-hydrogen) atoms. The summed E-state index contributed by atoms with van der Waals surface area (Å²) in [6.07, 6.45) is 5.80. The van der Waals surface area contributed by atoms with Gasteiger partial charge in [-0.05, 0) is 44.4 Å². The Morgan fingerprint density at radius 3 is 2.47 bits per heavy atom. The fourth-order valence-corrected chi connectivity index (χ4v) is 3.32. The number of carbonyl (C=O) groups excluding carboxylic acids is 1. The van der Waals surface area contributed by atoms with Crippen LogP contribution in [-0.2, 0) is 4.79 Å². The van der Waals surface area contributed by atoms with E-state index in [1.807, 2.05) is 6.92 Å². The fraction of sp³-hybridized carbons (Fsp3) is 0.917. The summed E-state index contributed by atoms with van der Waals surface area (Å²) in [6, 6.07) is 0.365. The summed E-state index contributed by atoms with van der Waals surface area (Å²) < 4.78 is 0. The highest BCUT2D eigenvalue weighted by molar-refractivity contribution is 5.78. The molecule has 1 amide bonds. The first-order valence-corrected chi connectivity index (χ1v) is 6.25. The van der Waals surface area contributed by atoms with E-state index in [9.17, 15) is 4.79 Å². The molecule has 0 radical (unpaired) electrons. The van der Waals surface area contributed by atoms with E-state index in [1.54, 1.807) is 0 Å². The molecule has 3 N–H and O–H groups in total. The maximum absolute atomic E-state index is 11.8. The minimum Gasteiger partial charge on any atom is -0.356 e. The molecule has 0 aromatic carbocycles. The number of amides is 1. The molecule has 0 saturated heterocycles. The van der Waals surface area contributed by atoms with E-state index in [-0.39, 0.29) is 11.8 Å². The normalized spacial score (nSPS) is 39.9. The van der Waals surface area contributed by atoms with Crippen LogP contribution in [0.4, 0.5) is 0 Å². The van der Waals surface area contributed by atoms with Crippen LogP contribution in [0.5, 0.6) is 0 Å². The Kier molecular flexibility index (Phi) is 3.29. The number of nitrogens with two attached hydrogens (primary N) is 1. The van der Waals surface area contributed by atoms with E-state index in [0.717, 1.165) is 19.4 Å². The summed E-state index contributed by atoms with van der Waals surface area (Å²) in [6.45, 7) is 2.73. The lowest BCUT2D eigenvalue weighted by Gasteiger charge is -2.43. The fourth-order valence-electron chi connectivity index (χ4n) is 3.32. The molecule has 2 bridgehead atoms. The topological polar surface area (TPSA) is 55.1 Å². The summed E-state index contributed by atoms with van der Waals surface area (Å²) in [7, 11) is 0. The summed E-state index contributed by atoms with van der Waals surface area (Å²) in [4.78, 5) is 11.8. The Bertz CT molecular complexity index is 228. The van der Waals surface area contributed by atoms with Crippen molar-refractivity contribution in [2.45, 2.75) is 45.1 Å². The second-order valence-electron chi connectivity index (χ2n) is 5.09. The Hall–Kier alpha value is -0.570. The Balaban J connectivity index is 1.98. The van der Waals surface area contributed by atoms with Crippen LogP contribution in [0, 0.1) is 17.8 Å². The molecule has 2 saturated carbocycles. The van der Waals surface area contributed by atoms with Gasteiger partial charge in [-0.15, -0.1) is 0 Å². The first-order chi connectivity index (χ1) is 7.22. The molecule has 2 unspecified atom stereocenters. The molecule has 0 aromatic rings. The molecule has 0 spiro atoms. The molecule has 3 heteroatoms. The van der Waals surface area contributed by atoms with E-state index in [0.29, 0.717) is 17.9 Å². The van der Waals surface area contributed by atoms with E-state index in [4.69, 9.17) is 5.73 Å². The zero-order valence-corrected chi connectivity index (χ0v) is 9.54. The highest BCUT2D eigenvalue weighted by Gasteiger charge is 2.40. The van der Waals surface area contributed by atoms with Crippen molar-refractivity contribution < 1.29 is 4.79 Å². The van der Waals surface area contributed by atoms with Gasteiger partial charge in [-0.25, -0.2) is 0 Å². The lowest BCUT2D eigenvalue weighted by molar-refractivity contribution is -0.127. The first-order valence-electron chi connectivity index (χ1n) is 6.25. The highest BCUT2D eigenvalue weighted by atomic mass is 16.1. The van der Waals surface area contributed by atoms with E-state index in [1.165, 1.54) is 19.3 Å². The van der Waals surface area contributed by atoms with Gasteiger partial charge in [-0.1, -0.05) is 6.42 Å². The van der Waals surface area contributed by atoms with Gasteiger partial charge in [0.15, 0.2) is 0 Å². The number of hydrogen-bond donors (Lipinski definition) is 2. The van der Waals surface area contributed by atoms with Crippen LogP contribution in [0.15, 0.2) is 0 Å². The quantitative estimate of drug-likeness (QED) is 0.721. The predicted octanol–water partition coefficient (Wildman–Crippen LogP) is 1.28. The summed E-state index contributed by atoms with van der Waals surface area (Å²) in [5.41, 5.74) is 6.19. The standard InChI is InChI=1S/C12H22N2O/c1-2-14-12(15)10-6-8-4-3-5-9(7-10)11(8)13/h8-11H,2-7,13H2,1H3,(H,14,15). The van der Waals surface area contributed by atoms with E-state index in [2.05, 4.69) is 5.32 Å². The van der Waals surface area contributed by atoms with Crippen LogP contribution >= 0.6 is 0 Å². The lowest BCUT2D eigenvalue weighted by Crippen LogP contribution is -2.49. The average molecular weight is 210 g/mol. The maximum atomic E-state index is 11.8. The van der Waals surface area contributed by atoms with Crippen molar-refractivity contribution in [3.05, 3.63) is 0 Å². The third-order valence-corrected chi connectivity index (χ3v) is 4.13. The molecule has 0 heterocycles. The number of hydrogen-bond acceptors (Lipinski definition) is 2. The largest absolute Gasteiger partial charge is 0.356 e. The van der Waals surface area contributed by atoms with Gasteiger partial charge in [0, 0.05) is 18.5 Å². The van der Waals surface area contributed by atoms with Crippen molar-refractivity contribution in [1.82, 2.24) is 5.32 Å². The van der Waals surface area contributed by atoms with Crippen LogP contribution in [0.2, 0.25) is 0 Å². The van der Waals surface area contributed by atoms with E-state index >= 15 is 0 Å². The van der Waals surface area contributed by atoms with Gasteiger partial charge in [0.2, 0.25) is 5.91 Å². The minimum atomic E-state index is 0.236. The van der Waals surface area contributed by atoms with Gasteiger partial charge in [0.1, 0.15) is 0 Å². The van der Waals surface area contributed by atoms with Crippen molar-refractivity contribution in [3.8, 4) is 0 Å². The molecule has 0 aromatic heterocycles. The Morgan fingerprint density at radius 2 is 1.93 bits per heavy atom. The first kappa shape index (κ1) is 10.9. The van der Waals surface area contributed by atoms with Crippen molar-refractivity contribution in [1.29, 1.82) is 0 Å². The van der Waals surface area contributed by atoms with Gasteiger partial charge in [-0.3, -0.25) is 4.79 Å². The van der Waals surface area contributed by atoms with Crippen LogP contribution in [-0.4, -0.2) is 18.5 Å². The molecular formula is C12H22N2O. The van der Waals surface area contributed by atoms with Gasteiger partial charge in [0.25, 0.3) is 0 Å². The number of carbonyl (C=O) groups is 1. The molecule has 2 aliphatic carbocycles. The van der Waals surface area contributed by atoms with E-state index < -0.39 is 0 Å². The zero-order valence-electron chi connectivity index (χ0n) is 9.54. The van der Waals surface area contributed by atoms with Crippen LogP contribution in [0.3, 0.4) is 0 Å². The number of rotatable bonds is 2. The number of nitrogens with one attached hydrogen (secondary N) is 1. The molecule has 2 fully saturated rings. The number of fused-ring (bicyclic) bond motifs is 2. The SMILES string of the molecule is CCNC(=O)C1CC2CCCC(C1)C2N. The monoisotopic (exact) mass is 210 g/mol.